The number of fused-ring (bicyclic) bond motifs is 4. The fraction of sp³-hybridized carbons (Fsp3) is 0.174. The Morgan fingerprint density at radius 1 is 0.971 bits per heavy atom. The van der Waals surface area contributed by atoms with E-state index in [4.69, 9.17) is 9.47 Å². The normalized spacial score (nSPS) is 13.0. The second-order valence-electron chi connectivity index (χ2n) is 8.14. The molecule has 3 aromatic heterocycles. The Morgan fingerprint density at radius 3 is 2.40 bits per heavy atom. The molecule has 0 aliphatic carbocycles. The smallest absolute Gasteiger partial charge is 0.332 e. The number of imidazole rings is 2. The zero-order valence-corrected chi connectivity index (χ0v) is 18.7. The summed E-state index contributed by atoms with van der Waals surface area (Å²) < 4.78 is 17.2. The number of aromatic nitrogens is 5. The standard InChI is InChI=1S/C23H18N6O6/c1-25-20-19(21(30)26(2)23(25)31)27-12-16(13-3-5-14(6-4-13)29(32)33)28(22(27)24-20)15-7-8-17-18(11-15)35-10-9-34-17/h3-8,11-12H,9-10H2,1-2H3. The molecule has 35 heavy (non-hydrogen) atoms. The second-order valence-corrected chi connectivity index (χ2v) is 8.14. The Balaban J connectivity index is 1.70. The van der Waals surface area contributed by atoms with Gasteiger partial charge in [0.25, 0.3) is 11.2 Å². The number of nitro benzene ring substituents is 1. The van der Waals surface area contributed by atoms with Gasteiger partial charge in [-0.1, -0.05) is 0 Å². The fourth-order valence-corrected chi connectivity index (χ4v) is 4.35. The summed E-state index contributed by atoms with van der Waals surface area (Å²) in [6, 6.07) is 11.5. The van der Waals surface area contributed by atoms with Crippen LogP contribution in [0.25, 0.3) is 33.9 Å². The number of ether oxygens (including phenoxy) is 2. The average Bonchev–Trinajstić information content (AvgIpc) is 3.42. The molecule has 0 fully saturated rings. The van der Waals surface area contributed by atoms with Crippen LogP contribution in [0.3, 0.4) is 0 Å². The van der Waals surface area contributed by atoms with E-state index in [-0.39, 0.29) is 16.9 Å². The molecule has 1 aliphatic rings. The van der Waals surface area contributed by atoms with E-state index >= 15 is 0 Å². The zero-order chi connectivity index (χ0) is 24.4. The Labute approximate surface area is 196 Å². The molecular formula is C23H18N6O6. The minimum absolute atomic E-state index is 0.0368. The lowest BCUT2D eigenvalue weighted by molar-refractivity contribution is -0.384. The number of rotatable bonds is 3. The molecule has 5 aromatic rings. The third-order valence-electron chi connectivity index (χ3n) is 6.12. The molecule has 0 unspecified atom stereocenters. The predicted octanol–water partition coefficient (Wildman–Crippen LogP) is 2.02. The van der Waals surface area contributed by atoms with E-state index in [1.165, 1.54) is 23.7 Å². The predicted molar refractivity (Wildman–Crippen MR) is 126 cm³/mol. The maximum absolute atomic E-state index is 13.0. The fourth-order valence-electron chi connectivity index (χ4n) is 4.35. The van der Waals surface area contributed by atoms with Gasteiger partial charge >= 0.3 is 5.69 Å². The third-order valence-corrected chi connectivity index (χ3v) is 6.12. The Bertz CT molecular complexity index is 1790. The molecule has 176 valence electrons. The van der Waals surface area contributed by atoms with Crippen LogP contribution in [0.15, 0.2) is 58.3 Å². The van der Waals surface area contributed by atoms with Gasteiger partial charge in [0.05, 0.1) is 16.3 Å². The first kappa shape index (κ1) is 20.7. The maximum atomic E-state index is 13.0. The van der Waals surface area contributed by atoms with Gasteiger partial charge in [0.15, 0.2) is 22.7 Å². The minimum atomic E-state index is -0.482. The molecule has 6 rings (SSSR count). The van der Waals surface area contributed by atoms with Crippen LogP contribution in [-0.4, -0.2) is 41.2 Å². The van der Waals surface area contributed by atoms with Gasteiger partial charge in [-0.2, -0.15) is 4.98 Å². The van der Waals surface area contributed by atoms with Gasteiger partial charge in [-0.3, -0.25) is 33.0 Å². The zero-order valence-electron chi connectivity index (χ0n) is 18.7. The molecule has 4 heterocycles. The average molecular weight is 474 g/mol. The molecule has 0 radical (unpaired) electrons. The van der Waals surface area contributed by atoms with E-state index in [1.54, 1.807) is 41.9 Å². The number of benzene rings is 2. The topological polar surface area (TPSA) is 128 Å². The van der Waals surface area contributed by atoms with Crippen molar-refractivity contribution >= 4 is 22.6 Å². The highest BCUT2D eigenvalue weighted by Crippen LogP contribution is 2.35. The van der Waals surface area contributed by atoms with E-state index in [0.29, 0.717) is 47.4 Å². The van der Waals surface area contributed by atoms with Crippen LogP contribution in [0.4, 0.5) is 5.69 Å². The first-order valence-electron chi connectivity index (χ1n) is 10.7. The van der Waals surface area contributed by atoms with Gasteiger partial charge in [-0.05, 0) is 24.3 Å². The van der Waals surface area contributed by atoms with Gasteiger partial charge in [0.2, 0.25) is 5.78 Å². The van der Waals surface area contributed by atoms with Crippen LogP contribution in [0.5, 0.6) is 11.5 Å². The molecule has 0 saturated carbocycles. The van der Waals surface area contributed by atoms with Crippen molar-refractivity contribution < 1.29 is 14.4 Å². The van der Waals surface area contributed by atoms with Gasteiger partial charge in [-0.15, -0.1) is 0 Å². The monoisotopic (exact) mass is 474 g/mol. The summed E-state index contributed by atoms with van der Waals surface area (Å²) in [5.41, 5.74) is 1.47. The summed E-state index contributed by atoms with van der Waals surface area (Å²) in [4.78, 5) is 40.9. The molecule has 0 spiro atoms. The van der Waals surface area contributed by atoms with Crippen molar-refractivity contribution in [1.82, 2.24) is 23.1 Å². The summed E-state index contributed by atoms with van der Waals surface area (Å²) in [6.07, 6.45) is 1.73. The van der Waals surface area contributed by atoms with E-state index < -0.39 is 16.2 Å². The molecule has 2 aromatic carbocycles. The summed E-state index contributed by atoms with van der Waals surface area (Å²) in [5.74, 6) is 1.57. The van der Waals surface area contributed by atoms with Crippen LogP contribution >= 0.6 is 0 Å². The van der Waals surface area contributed by atoms with Gasteiger partial charge in [-0.25, -0.2) is 4.79 Å². The second kappa shape index (κ2) is 7.32. The Hall–Kier alpha value is -4.87. The molecule has 0 atom stereocenters. The van der Waals surface area contributed by atoms with E-state index in [9.17, 15) is 19.7 Å². The van der Waals surface area contributed by atoms with Crippen molar-refractivity contribution in [3.8, 4) is 28.4 Å². The summed E-state index contributed by atoms with van der Waals surface area (Å²) >= 11 is 0. The molecule has 0 bridgehead atoms. The molecule has 12 heteroatoms. The number of hydrogen-bond donors (Lipinski definition) is 0. The largest absolute Gasteiger partial charge is 0.486 e. The molecule has 12 nitrogen and oxygen atoms in total. The van der Waals surface area contributed by atoms with Crippen molar-refractivity contribution in [3.05, 3.63) is 79.6 Å². The van der Waals surface area contributed by atoms with Crippen LogP contribution in [-0.2, 0) is 14.1 Å². The van der Waals surface area contributed by atoms with Crippen molar-refractivity contribution in [2.75, 3.05) is 13.2 Å². The molecule has 1 aliphatic heterocycles. The molecular weight excluding hydrogens is 456 g/mol. The van der Waals surface area contributed by atoms with Crippen LogP contribution in [0.2, 0.25) is 0 Å². The number of aryl methyl sites for hydroxylation is 1. The first-order valence-corrected chi connectivity index (χ1v) is 10.7. The Morgan fingerprint density at radius 2 is 1.69 bits per heavy atom. The summed E-state index contributed by atoms with van der Waals surface area (Å²) in [7, 11) is 2.97. The lowest BCUT2D eigenvalue weighted by Gasteiger charge is -2.19. The van der Waals surface area contributed by atoms with E-state index in [0.717, 1.165) is 4.57 Å². The molecule has 0 amide bonds. The van der Waals surface area contributed by atoms with Gasteiger partial charge in [0, 0.05) is 44.1 Å². The Kier molecular flexibility index (Phi) is 4.33. The first-order chi connectivity index (χ1) is 16.8. The lowest BCUT2D eigenvalue weighted by atomic mass is 10.1. The third kappa shape index (κ3) is 2.96. The number of nitro groups is 1. The van der Waals surface area contributed by atoms with Gasteiger partial charge in [0.1, 0.15) is 13.2 Å². The van der Waals surface area contributed by atoms with Crippen LogP contribution < -0.4 is 20.7 Å². The number of non-ortho nitro benzene ring substituents is 1. The van der Waals surface area contributed by atoms with Crippen LogP contribution in [0, 0.1) is 10.1 Å². The summed E-state index contributed by atoms with van der Waals surface area (Å²) in [5, 5.41) is 11.1. The van der Waals surface area contributed by atoms with Crippen molar-refractivity contribution in [1.29, 1.82) is 0 Å². The minimum Gasteiger partial charge on any atom is -0.486 e. The molecule has 0 saturated heterocycles. The maximum Gasteiger partial charge on any atom is 0.332 e. The quantitative estimate of drug-likeness (QED) is 0.289. The van der Waals surface area contributed by atoms with Crippen molar-refractivity contribution in [3.63, 3.8) is 0 Å². The lowest BCUT2D eigenvalue weighted by Crippen LogP contribution is -2.37. The van der Waals surface area contributed by atoms with Crippen molar-refractivity contribution in [2.45, 2.75) is 0 Å². The van der Waals surface area contributed by atoms with Crippen molar-refractivity contribution in [2.24, 2.45) is 14.1 Å². The van der Waals surface area contributed by atoms with Crippen LogP contribution in [0.1, 0.15) is 0 Å². The van der Waals surface area contributed by atoms with Gasteiger partial charge < -0.3 is 9.47 Å². The highest BCUT2D eigenvalue weighted by molar-refractivity contribution is 5.80. The molecule has 0 N–H and O–H groups in total. The van der Waals surface area contributed by atoms with E-state index in [2.05, 4.69) is 4.98 Å². The number of hydrogen-bond acceptors (Lipinski definition) is 7. The van der Waals surface area contributed by atoms with E-state index in [1.807, 2.05) is 10.6 Å². The number of nitrogens with zero attached hydrogens (tertiary/aromatic N) is 6. The highest BCUT2D eigenvalue weighted by atomic mass is 16.6. The highest BCUT2D eigenvalue weighted by Gasteiger charge is 2.23. The SMILES string of the molecule is Cn1c(=O)c2c(nc3n(-c4ccc5c(c4)OCCO5)c(-c4ccc([N+](=O)[O-])cc4)cn23)n(C)c1=O. The summed E-state index contributed by atoms with van der Waals surface area (Å²) in [6.45, 7) is 0.870.